The van der Waals surface area contributed by atoms with E-state index in [9.17, 15) is 8.42 Å². The molecule has 114 valence electrons. The summed E-state index contributed by atoms with van der Waals surface area (Å²) in [5, 5.41) is 0.633. The average Bonchev–Trinajstić information content (AvgIpc) is 2.91. The Kier molecular flexibility index (Phi) is 5.68. The topological polar surface area (TPSA) is 37.4 Å². The zero-order valence-corrected chi connectivity index (χ0v) is 14.6. The van der Waals surface area contributed by atoms with E-state index in [4.69, 9.17) is 23.2 Å². The lowest BCUT2D eigenvalue weighted by atomic mass is 10.2. The van der Waals surface area contributed by atoms with Gasteiger partial charge < -0.3 is 0 Å². The molecule has 1 heterocycles. The minimum atomic E-state index is -3.47. The molecule has 0 spiro atoms. The fourth-order valence-electron chi connectivity index (χ4n) is 1.81. The summed E-state index contributed by atoms with van der Waals surface area (Å²) in [6, 6.07) is 10.6. The Morgan fingerprint density at radius 2 is 1.81 bits per heavy atom. The van der Waals surface area contributed by atoms with Crippen LogP contribution in [0.25, 0.3) is 0 Å². The minimum Gasteiger partial charge on any atom is -0.206 e. The summed E-state index contributed by atoms with van der Waals surface area (Å²) in [5.74, 6) is 0.487. The summed E-state index contributed by atoms with van der Waals surface area (Å²) in [7, 11) is -1.89. The molecule has 0 saturated heterocycles. The van der Waals surface area contributed by atoms with Gasteiger partial charge in [-0.25, -0.2) is 8.42 Å². The Balaban J connectivity index is 2.15. The van der Waals surface area contributed by atoms with E-state index in [0.29, 0.717) is 28.1 Å². The number of nitrogens with zero attached hydrogens (tertiary/aromatic N) is 1. The molecule has 21 heavy (non-hydrogen) atoms. The van der Waals surface area contributed by atoms with Gasteiger partial charge in [-0.1, -0.05) is 23.7 Å². The monoisotopic (exact) mass is 363 g/mol. The van der Waals surface area contributed by atoms with E-state index >= 15 is 0 Å². The van der Waals surface area contributed by atoms with Gasteiger partial charge in [-0.2, -0.15) is 4.31 Å². The van der Waals surface area contributed by atoms with Gasteiger partial charge in [-0.3, -0.25) is 0 Å². The lowest BCUT2D eigenvalue weighted by Gasteiger charge is -2.16. The first kappa shape index (κ1) is 16.8. The normalized spacial score (nSPS) is 12.0. The molecule has 3 nitrogen and oxygen atoms in total. The lowest BCUT2D eigenvalue weighted by molar-refractivity contribution is 0.468. The van der Waals surface area contributed by atoms with E-state index < -0.39 is 10.0 Å². The molecule has 2 aromatic rings. The highest BCUT2D eigenvalue weighted by atomic mass is 35.5. The van der Waals surface area contributed by atoms with Crippen LogP contribution in [-0.4, -0.2) is 25.7 Å². The number of thiophene rings is 1. The Bertz CT molecular complexity index is 696. The predicted molar refractivity (Wildman–Crippen MR) is 88.8 cm³/mol. The van der Waals surface area contributed by atoms with Crippen LogP contribution in [0.5, 0.6) is 0 Å². The predicted octanol–water partition coefficient (Wildman–Crippen LogP) is 4.00. The van der Waals surface area contributed by atoms with Gasteiger partial charge in [0.1, 0.15) is 4.21 Å². The highest BCUT2D eigenvalue weighted by Gasteiger charge is 2.22. The summed E-state index contributed by atoms with van der Waals surface area (Å²) in [5.41, 5.74) is 0.892. The minimum absolute atomic E-state index is 0.308. The summed E-state index contributed by atoms with van der Waals surface area (Å²) >= 11 is 12.8. The van der Waals surface area contributed by atoms with Crippen molar-refractivity contribution in [2.24, 2.45) is 0 Å². The summed E-state index contributed by atoms with van der Waals surface area (Å²) in [4.78, 5) is 0.975. The van der Waals surface area contributed by atoms with Crippen LogP contribution < -0.4 is 0 Å². The Morgan fingerprint density at radius 3 is 2.43 bits per heavy atom. The van der Waals surface area contributed by atoms with Crippen molar-refractivity contribution < 1.29 is 8.42 Å². The van der Waals surface area contributed by atoms with Crippen molar-refractivity contribution in [2.45, 2.75) is 17.2 Å². The highest BCUT2D eigenvalue weighted by molar-refractivity contribution is 7.91. The molecule has 0 aliphatic rings. The molecule has 1 aromatic heterocycles. The second kappa shape index (κ2) is 7.11. The highest BCUT2D eigenvalue weighted by Crippen LogP contribution is 2.26. The van der Waals surface area contributed by atoms with E-state index in [1.54, 1.807) is 25.2 Å². The van der Waals surface area contributed by atoms with Crippen molar-refractivity contribution in [1.29, 1.82) is 0 Å². The van der Waals surface area contributed by atoms with Crippen molar-refractivity contribution in [2.75, 3.05) is 12.9 Å². The zero-order chi connectivity index (χ0) is 15.5. The van der Waals surface area contributed by atoms with Gasteiger partial charge in [0.15, 0.2) is 0 Å². The van der Waals surface area contributed by atoms with Crippen molar-refractivity contribution in [1.82, 2.24) is 4.31 Å². The SMILES string of the molecule is CN(Cc1ccc(Cl)cc1)S(=O)(=O)c1ccc(CCCl)s1. The van der Waals surface area contributed by atoms with Crippen molar-refractivity contribution in [3.05, 3.63) is 51.9 Å². The third kappa shape index (κ3) is 4.20. The van der Waals surface area contributed by atoms with E-state index in [1.165, 1.54) is 15.6 Å². The molecular weight excluding hydrogens is 349 g/mol. The number of hydrogen-bond donors (Lipinski definition) is 0. The van der Waals surface area contributed by atoms with Crippen LogP contribution in [0.4, 0.5) is 0 Å². The molecule has 0 amide bonds. The maximum Gasteiger partial charge on any atom is 0.252 e. The second-order valence-electron chi connectivity index (χ2n) is 4.55. The maximum atomic E-state index is 12.5. The fourth-order valence-corrected chi connectivity index (χ4v) is 4.98. The standard InChI is InChI=1S/C14H15Cl2NO2S2/c1-17(10-11-2-4-12(16)5-3-11)21(18,19)14-7-6-13(20-14)8-9-15/h2-7H,8-10H2,1H3. The maximum absolute atomic E-state index is 12.5. The number of sulfonamides is 1. The number of aryl methyl sites for hydroxylation is 1. The first-order valence-corrected chi connectivity index (χ1v) is 9.46. The quantitative estimate of drug-likeness (QED) is 0.727. The Morgan fingerprint density at radius 1 is 1.14 bits per heavy atom. The van der Waals surface area contributed by atoms with Crippen LogP contribution in [0.2, 0.25) is 5.02 Å². The zero-order valence-electron chi connectivity index (χ0n) is 11.4. The summed E-state index contributed by atoms with van der Waals surface area (Å²) in [6.45, 7) is 0.308. The number of rotatable bonds is 6. The van der Waals surface area contributed by atoms with E-state index in [-0.39, 0.29) is 0 Å². The molecule has 7 heteroatoms. The molecule has 2 rings (SSSR count). The van der Waals surface area contributed by atoms with Crippen LogP contribution in [0.1, 0.15) is 10.4 Å². The van der Waals surface area contributed by atoms with E-state index in [1.807, 2.05) is 18.2 Å². The number of benzene rings is 1. The van der Waals surface area contributed by atoms with Crippen LogP contribution in [0, 0.1) is 0 Å². The smallest absolute Gasteiger partial charge is 0.206 e. The second-order valence-corrected chi connectivity index (χ2v) is 8.80. The van der Waals surface area contributed by atoms with Crippen molar-refractivity contribution in [3.8, 4) is 0 Å². The fraction of sp³-hybridized carbons (Fsp3) is 0.286. The molecule has 0 atom stereocenters. The first-order valence-electron chi connectivity index (χ1n) is 6.29. The van der Waals surface area contributed by atoms with E-state index in [2.05, 4.69) is 0 Å². The molecule has 0 bridgehead atoms. The van der Waals surface area contributed by atoms with E-state index in [0.717, 1.165) is 10.4 Å². The van der Waals surface area contributed by atoms with Gasteiger partial charge >= 0.3 is 0 Å². The van der Waals surface area contributed by atoms with Gasteiger partial charge in [0.2, 0.25) is 0 Å². The molecule has 0 fully saturated rings. The molecule has 0 N–H and O–H groups in total. The molecule has 1 aromatic carbocycles. The number of halogens is 2. The molecule has 0 unspecified atom stereocenters. The molecular formula is C14H15Cl2NO2S2. The summed E-state index contributed by atoms with van der Waals surface area (Å²) in [6.07, 6.45) is 0.683. The Labute approximate surface area is 139 Å². The van der Waals surface area contributed by atoms with Crippen LogP contribution in [0.15, 0.2) is 40.6 Å². The van der Waals surface area contributed by atoms with Gasteiger partial charge in [-0.05, 0) is 36.2 Å². The average molecular weight is 364 g/mol. The van der Waals surface area contributed by atoms with Crippen LogP contribution >= 0.6 is 34.5 Å². The van der Waals surface area contributed by atoms with Crippen LogP contribution in [-0.2, 0) is 23.0 Å². The van der Waals surface area contributed by atoms with Gasteiger partial charge in [0.25, 0.3) is 10.0 Å². The van der Waals surface area contributed by atoms with Crippen molar-refractivity contribution >= 4 is 44.6 Å². The number of alkyl halides is 1. The summed E-state index contributed by atoms with van der Waals surface area (Å²) < 4.78 is 26.7. The first-order chi connectivity index (χ1) is 9.93. The third-order valence-electron chi connectivity index (χ3n) is 2.96. The third-order valence-corrected chi connectivity index (χ3v) is 6.82. The van der Waals surface area contributed by atoms with Crippen LogP contribution in [0.3, 0.4) is 0 Å². The molecule has 0 saturated carbocycles. The number of hydrogen-bond acceptors (Lipinski definition) is 3. The van der Waals surface area contributed by atoms with Gasteiger partial charge in [0.05, 0.1) is 0 Å². The Hall–Kier alpha value is -0.590. The van der Waals surface area contributed by atoms with Gasteiger partial charge in [-0.15, -0.1) is 22.9 Å². The molecule has 0 radical (unpaired) electrons. The lowest BCUT2D eigenvalue weighted by Crippen LogP contribution is -2.25. The molecule has 0 aliphatic carbocycles. The van der Waals surface area contributed by atoms with Gasteiger partial charge in [0, 0.05) is 29.4 Å². The van der Waals surface area contributed by atoms with Crippen molar-refractivity contribution in [3.63, 3.8) is 0 Å². The molecule has 0 aliphatic heterocycles. The largest absolute Gasteiger partial charge is 0.252 e.